The van der Waals surface area contributed by atoms with Crippen molar-refractivity contribution in [2.75, 3.05) is 11.9 Å². The highest BCUT2D eigenvalue weighted by Crippen LogP contribution is 2.17. The zero-order valence-electron chi connectivity index (χ0n) is 9.90. The maximum Gasteiger partial charge on any atom is 0.147 e. The van der Waals surface area contributed by atoms with Gasteiger partial charge < -0.3 is 5.32 Å². The lowest BCUT2D eigenvalue weighted by Crippen LogP contribution is -2.06. The fourth-order valence-corrected chi connectivity index (χ4v) is 2.39. The summed E-state index contributed by atoms with van der Waals surface area (Å²) in [4.78, 5) is 5.37. The molecular formula is C13H12FN3S. The standard InChI is InChI=1S/C13H12FN3S/c1-9-13(18-8-17-9)4-5-16-12-3-2-10(7-15)6-11(12)14/h2-3,6,8,16H,4-5H2,1H3. The van der Waals surface area contributed by atoms with Gasteiger partial charge in [0.25, 0.3) is 0 Å². The lowest BCUT2D eigenvalue weighted by Gasteiger charge is -2.07. The highest BCUT2D eigenvalue weighted by atomic mass is 32.1. The number of nitriles is 1. The van der Waals surface area contributed by atoms with Crippen LogP contribution in [0.4, 0.5) is 10.1 Å². The molecule has 3 nitrogen and oxygen atoms in total. The minimum Gasteiger partial charge on any atom is -0.382 e. The molecule has 2 rings (SSSR count). The molecule has 0 saturated carbocycles. The van der Waals surface area contributed by atoms with Crippen LogP contribution in [0.5, 0.6) is 0 Å². The molecule has 0 aliphatic carbocycles. The van der Waals surface area contributed by atoms with Crippen molar-refractivity contribution >= 4 is 17.0 Å². The van der Waals surface area contributed by atoms with Crippen molar-refractivity contribution in [1.29, 1.82) is 5.26 Å². The second-order valence-corrected chi connectivity index (χ2v) is 4.78. The molecule has 0 unspecified atom stereocenters. The fraction of sp³-hybridized carbons (Fsp3) is 0.231. The van der Waals surface area contributed by atoms with E-state index in [2.05, 4.69) is 10.3 Å². The summed E-state index contributed by atoms with van der Waals surface area (Å²) >= 11 is 1.61. The first-order chi connectivity index (χ1) is 8.70. The van der Waals surface area contributed by atoms with Crippen molar-refractivity contribution in [3.63, 3.8) is 0 Å². The Labute approximate surface area is 109 Å². The highest BCUT2D eigenvalue weighted by molar-refractivity contribution is 7.09. The quantitative estimate of drug-likeness (QED) is 0.920. The lowest BCUT2D eigenvalue weighted by atomic mass is 10.2. The van der Waals surface area contributed by atoms with Gasteiger partial charge in [-0.15, -0.1) is 11.3 Å². The van der Waals surface area contributed by atoms with Crippen molar-refractivity contribution in [3.05, 3.63) is 45.7 Å². The Morgan fingerprint density at radius 2 is 2.33 bits per heavy atom. The van der Waals surface area contributed by atoms with Gasteiger partial charge in [-0.2, -0.15) is 5.26 Å². The molecule has 0 aliphatic rings. The number of nitrogens with zero attached hydrogens (tertiary/aromatic N) is 2. The number of benzene rings is 1. The first kappa shape index (κ1) is 12.5. The Bertz CT molecular complexity index is 586. The van der Waals surface area contributed by atoms with Crippen LogP contribution >= 0.6 is 11.3 Å². The van der Waals surface area contributed by atoms with E-state index in [1.165, 1.54) is 10.9 Å². The first-order valence-corrected chi connectivity index (χ1v) is 6.41. The van der Waals surface area contributed by atoms with Crippen LogP contribution in [0.1, 0.15) is 16.1 Å². The second-order valence-electron chi connectivity index (χ2n) is 3.84. The number of rotatable bonds is 4. The number of hydrogen-bond acceptors (Lipinski definition) is 4. The zero-order chi connectivity index (χ0) is 13.0. The molecule has 5 heteroatoms. The molecule has 0 fully saturated rings. The van der Waals surface area contributed by atoms with Crippen LogP contribution in [0.15, 0.2) is 23.7 Å². The maximum absolute atomic E-state index is 13.6. The van der Waals surface area contributed by atoms with Gasteiger partial charge in [0, 0.05) is 17.8 Å². The van der Waals surface area contributed by atoms with Crippen molar-refractivity contribution in [2.45, 2.75) is 13.3 Å². The molecule has 18 heavy (non-hydrogen) atoms. The van der Waals surface area contributed by atoms with Gasteiger partial charge in [-0.1, -0.05) is 0 Å². The van der Waals surface area contributed by atoms with E-state index in [9.17, 15) is 4.39 Å². The third-order valence-electron chi connectivity index (χ3n) is 2.61. The summed E-state index contributed by atoms with van der Waals surface area (Å²) in [7, 11) is 0. The van der Waals surface area contributed by atoms with Crippen LogP contribution in [0.3, 0.4) is 0 Å². The Balaban J connectivity index is 1.95. The predicted molar refractivity (Wildman–Crippen MR) is 70.2 cm³/mol. The Morgan fingerprint density at radius 3 is 2.94 bits per heavy atom. The summed E-state index contributed by atoms with van der Waals surface area (Å²) in [6.07, 6.45) is 0.815. The Morgan fingerprint density at radius 1 is 1.50 bits per heavy atom. The third kappa shape index (κ3) is 2.84. The van der Waals surface area contributed by atoms with Crippen LogP contribution in [0, 0.1) is 24.1 Å². The van der Waals surface area contributed by atoms with Gasteiger partial charge in [0.15, 0.2) is 0 Å². The minimum absolute atomic E-state index is 0.330. The Kier molecular flexibility index (Phi) is 3.90. The number of halogens is 1. The molecule has 0 saturated heterocycles. The monoisotopic (exact) mass is 261 g/mol. The van der Waals surface area contributed by atoms with Crippen molar-refractivity contribution in [1.82, 2.24) is 4.98 Å². The van der Waals surface area contributed by atoms with E-state index in [0.29, 0.717) is 17.8 Å². The highest BCUT2D eigenvalue weighted by Gasteiger charge is 2.04. The van der Waals surface area contributed by atoms with Crippen LogP contribution in [0.25, 0.3) is 0 Å². The molecule has 1 heterocycles. The van der Waals surface area contributed by atoms with Crippen LogP contribution in [0.2, 0.25) is 0 Å². The number of nitrogens with one attached hydrogen (secondary N) is 1. The van der Waals surface area contributed by atoms with E-state index in [1.54, 1.807) is 23.5 Å². The molecule has 2 aromatic rings. The van der Waals surface area contributed by atoms with Crippen LogP contribution < -0.4 is 5.32 Å². The summed E-state index contributed by atoms with van der Waals surface area (Å²) in [6, 6.07) is 6.33. The van der Waals surface area contributed by atoms with Gasteiger partial charge in [0.05, 0.1) is 28.5 Å². The lowest BCUT2D eigenvalue weighted by molar-refractivity contribution is 0.629. The largest absolute Gasteiger partial charge is 0.382 e. The summed E-state index contributed by atoms with van der Waals surface area (Å²) < 4.78 is 13.6. The van der Waals surface area contributed by atoms with Crippen LogP contribution in [-0.4, -0.2) is 11.5 Å². The molecule has 0 aliphatic heterocycles. The van der Waals surface area contributed by atoms with E-state index in [1.807, 2.05) is 18.5 Å². The molecule has 1 aromatic heterocycles. The molecule has 0 bridgehead atoms. The topological polar surface area (TPSA) is 48.7 Å². The average Bonchev–Trinajstić information content (AvgIpc) is 2.77. The minimum atomic E-state index is -0.393. The zero-order valence-corrected chi connectivity index (χ0v) is 10.7. The number of aromatic nitrogens is 1. The number of thiazole rings is 1. The van der Waals surface area contributed by atoms with Gasteiger partial charge >= 0.3 is 0 Å². The smallest absolute Gasteiger partial charge is 0.147 e. The molecule has 1 aromatic carbocycles. The van der Waals surface area contributed by atoms with Gasteiger partial charge in [-0.25, -0.2) is 9.37 Å². The number of hydrogen-bond donors (Lipinski definition) is 1. The van der Waals surface area contributed by atoms with Crippen LogP contribution in [-0.2, 0) is 6.42 Å². The third-order valence-corrected chi connectivity index (χ3v) is 3.61. The average molecular weight is 261 g/mol. The van der Waals surface area contributed by atoms with Crippen molar-refractivity contribution in [3.8, 4) is 6.07 Å². The fourth-order valence-electron chi connectivity index (χ4n) is 1.60. The van der Waals surface area contributed by atoms with E-state index in [-0.39, 0.29) is 0 Å². The molecule has 1 N–H and O–H groups in total. The van der Waals surface area contributed by atoms with Gasteiger partial charge in [0.1, 0.15) is 5.82 Å². The molecule has 0 amide bonds. The molecular weight excluding hydrogens is 249 g/mol. The second kappa shape index (κ2) is 5.61. The van der Waals surface area contributed by atoms with E-state index in [0.717, 1.165) is 12.1 Å². The number of aryl methyl sites for hydroxylation is 1. The summed E-state index contributed by atoms with van der Waals surface area (Å²) in [5.41, 5.74) is 3.60. The summed E-state index contributed by atoms with van der Waals surface area (Å²) in [5.74, 6) is -0.393. The Hall–Kier alpha value is -1.93. The normalized spacial score (nSPS) is 10.1. The predicted octanol–water partition coefficient (Wildman–Crippen LogP) is 3.12. The van der Waals surface area contributed by atoms with E-state index in [4.69, 9.17) is 5.26 Å². The maximum atomic E-state index is 13.6. The van der Waals surface area contributed by atoms with E-state index >= 15 is 0 Å². The molecule has 0 spiro atoms. The van der Waals surface area contributed by atoms with E-state index < -0.39 is 5.82 Å². The number of anilines is 1. The van der Waals surface area contributed by atoms with Gasteiger partial charge in [0.2, 0.25) is 0 Å². The summed E-state index contributed by atoms with van der Waals surface area (Å²) in [6.45, 7) is 2.61. The molecule has 92 valence electrons. The first-order valence-electron chi connectivity index (χ1n) is 5.53. The van der Waals surface area contributed by atoms with Gasteiger partial charge in [-0.3, -0.25) is 0 Å². The molecule has 0 atom stereocenters. The summed E-state index contributed by atoms with van der Waals surface area (Å²) in [5, 5.41) is 11.7. The van der Waals surface area contributed by atoms with Crippen molar-refractivity contribution in [2.24, 2.45) is 0 Å². The van der Waals surface area contributed by atoms with Crippen molar-refractivity contribution < 1.29 is 4.39 Å². The van der Waals surface area contributed by atoms with Gasteiger partial charge in [-0.05, 0) is 25.1 Å². The SMILES string of the molecule is Cc1ncsc1CCNc1ccc(C#N)cc1F. The molecule has 0 radical (unpaired) electrons.